The lowest BCUT2D eigenvalue weighted by molar-refractivity contribution is 0.0520. The van der Waals surface area contributed by atoms with Gasteiger partial charge in [-0.1, -0.05) is 33.1 Å². The van der Waals surface area contributed by atoms with Gasteiger partial charge in [0.1, 0.15) is 0 Å². The second-order valence-electron chi connectivity index (χ2n) is 5.04. The lowest BCUT2D eigenvalue weighted by Crippen LogP contribution is -2.49. The van der Waals surface area contributed by atoms with Gasteiger partial charge in [0.05, 0.1) is 0 Å². The van der Waals surface area contributed by atoms with Gasteiger partial charge in [0, 0.05) is 5.54 Å². The maximum atomic E-state index is 2.75. The highest BCUT2D eigenvalue weighted by Crippen LogP contribution is 2.31. The third-order valence-corrected chi connectivity index (χ3v) is 3.73. The van der Waals surface area contributed by atoms with Gasteiger partial charge in [0.15, 0.2) is 0 Å². The van der Waals surface area contributed by atoms with Crippen LogP contribution in [0.3, 0.4) is 0 Å². The summed E-state index contributed by atoms with van der Waals surface area (Å²) < 4.78 is 0. The Bertz CT molecular complexity index is 151. The van der Waals surface area contributed by atoms with Gasteiger partial charge in [-0.2, -0.15) is 0 Å². The van der Waals surface area contributed by atoms with E-state index in [1.807, 2.05) is 0 Å². The number of piperidine rings is 1. The van der Waals surface area contributed by atoms with Gasteiger partial charge in [0.2, 0.25) is 0 Å². The smallest absolute Gasteiger partial charge is 0.0181 e. The van der Waals surface area contributed by atoms with E-state index in [1.54, 1.807) is 0 Å². The van der Waals surface area contributed by atoms with Gasteiger partial charge in [-0.25, -0.2) is 0 Å². The van der Waals surface area contributed by atoms with Crippen molar-refractivity contribution in [1.29, 1.82) is 0 Å². The molecular formula is C13H27N. The van der Waals surface area contributed by atoms with Crippen LogP contribution in [0.5, 0.6) is 0 Å². The second kappa shape index (κ2) is 5.75. The van der Waals surface area contributed by atoms with Gasteiger partial charge in [-0.05, 0) is 45.7 Å². The van der Waals surface area contributed by atoms with Crippen molar-refractivity contribution in [3.05, 3.63) is 0 Å². The van der Waals surface area contributed by atoms with Gasteiger partial charge < -0.3 is 0 Å². The van der Waals surface area contributed by atoms with Crippen molar-refractivity contribution in [2.45, 2.75) is 71.3 Å². The maximum absolute atomic E-state index is 2.75. The predicted octanol–water partition coefficient (Wildman–Crippen LogP) is 3.83. The van der Waals surface area contributed by atoms with Gasteiger partial charge >= 0.3 is 0 Å². The Labute approximate surface area is 89.9 Å². The molecule has 14 heavy (non-hydrogen) atoms. The molecule has 0 aromatic carbocycles. The fourth-order valence-electron chi connectivity index (χ4n) is 2.79. The zero-order valence-corrected chi connectivity index (χ0v) is 10.3. The van der Waals surface area contributed by atoms with Crippen molar-refractivity contribution in [3.8, 4) is 0 Å². The van der Waals surface area contributed by atoms with Crippen LogP contribution in [0.2, 0.25) is 0 Å². The lowest BCUT2D eigenvalue weighted by atomic mass is 9.84. The van der Waals surface area contributed by atoms with E-state index in [2.05, 4.69) is 25.7 Å². The molecule has 1 fully saturated rings. The molecule has 1 aliphatic rings. The Hall–Kier alpha value is -0.0400. The monoisotopic (exact) mass is 197 g/mol. The molecule has 1 unspecified atom stereocenters. The average molecular weight is 197 g/mol. The first-order chi connectivity index (χ1) is 6.73. The molecule has 0 aromatic heterocycles. The summed E-state index contributed by atoms with van der Waals surface area (Å²) in [5.74, 6) is 0. The summed E-state index contributed by atoms with van der Waals surface area (Å²) >= 11 is 0. The van der Waals surface area contributed by atoms with E-state index in [4.69, 9.17) is 0 Å². The van der Waals surface area contributed by atoms with Gasteiger partial charge in [-0.3, -0.25) is 4.90 Å². The first-order valence-corrected chi connectivity index (χ1v) is 6.48. The van der Waals surface area contributed by atoms with Crippen LogP contribution in [0.1, 0.15) is 65.7 Å². The van der Waals surface area contributed by atoms with Crippen molar-refractivity contribution in [2.24, 2.45) is 0 Å². The highest BCUT2D eigenvalue weighted by molar-refractivity contribution is 4.89. The molecule has 1 rings (SSSR count). The Morgan fingerprint density at radius 3 is 2.57 bits per heavy atom. The van der Waals surface area contributed by atoms with Crippen LogP contribution in [-0.4, -0.2) is 23.5 Å². The molecule has 0 bridgehead atoms. The highest BCUT2D eigenvalue weighted by Gasteiger charge is 2.32. The van der Waals surface area contributed by atoms with E-state index in [1.165, 1.54) is 58.0 Å². The molecule has 0 amide bonds. The number of likely N-dealkylation sites (tertiary alicyclic amines) is 1. The van der Waals surface area contributed by atoms with Crippen LogP contribution in [-0.2, 0) is 0 Å². The molecule has 0 radical (unpaired) electrons. The minimum Gasteiger partial charge on any atom is -0.298 e. The number of nitrogens with zero attached hydrogens (tertiary/aromatic N) is 1. The van der Waals surface area contributed by atoms with E-state index in [-0.39, 0.29) is 0 Å². The minimum atomic E-state index is 0.530. The molecule has 0 aliphatic carbocycles. The molecule has 1 heterocycles. The summed E-state index contributed by atoms with van der Waals surface area (Å²) in [6.07, 6.45) is 9.71. The van der Waals surface area contributed by atoms with E-state index in [0.717, 1.165) is 0 Å². The molecule has 0 saturated carbocycles. The van der Waals surface area contributed by atoms with Gasteiger partial charge in [-0.15, -0.1) is 0 Å². The number of rotatable bonds is 5. The fourth-order valence-corrected chi connectivity index (χ4v) is 2.79. The van der Waals surface area contributed by atoms with E-state index >= 15 is 0 Å². The molecule has 84 valence electrons. The Morgan fingerprint density at radius 1 is 1.14 bits per heavy atom. The molecule has 1 saturated heterocycles. The van der Waals surface area contributed by atoms with Crippen LogP contribution >= 0.6 is 0 Å². The fraction of sp³-hybridized carbons (Fsp3) is 1.00. The Morgan fingerprint density at radius 2 is 1.93 bits per heavy atom. The number of hydrogen-bond donors (Lipinski definition) is 0. The summed E-state index contributed by atoms with van der Waals surface area (Å²) in [5.41, 5.74) is 0.530. The quantitative estimate of drug-likeness (QED) is 0.647. The zero-order chi connectivity index (χ0) is 10.4. The van der Waals surface area contributed by atoms with Crippen molar-refractivity contribution < 1.29 is 0 Å². The molecular weight excluding hydrogens is 170 g/mol. The Balaban J connectivity index is 2.48. The van der Waals surface area contributed by atoms with E-state index in [9.17, 15) is 0 Å². The zero-order valence-electron chi connectivity index (χ0n) is 10.3. The first-order valence-electron chi connectivity index (χ1n) is 6.48. The summed E-state index contributed by atoms with van der Waals surface area (Å²) in [6, 6.07) is 0. The van der Waals surface area contributed by atoms with Crippen LogP contribution in [0.4, 0.5) is 0 Å². The molecule has 0 N–H and O–H groups in total. The first kappa shape index (κ1) is 12.0. The third kappa shape index (κ3) is 2.98. The van der Waals surface area contributed by atoms with Crippen molar-refractivity contribution >= 4 is 0 Å². The van der Waals surface area contributed by atoms with Crippen molar-refractivity contribution in [3.63, 3.8) is 0 Å². The van der Waals surface area contributed by atoms with Crippen molar-refractivity contribution in [2.75, 3.05) is 13.1 Å². The molecule has 0 aromatic rings. The molecule has 1 heteroatoms. The van der Waals surface area contributed by atoms with Gasteiger partial charge in [0.25, 0.3) is 0 Å². The number of unbranched alkanes of at least 4 members (excludes halogenated alkanes) is 1. The normalized spacial score (nSPS) is 29.4. The standard InChI is InChI=1S/C13H27N/c1-4-6-11-14-12-8-7-10-13(14,3)9-5-2/h4-12H2,1-3H3. The topological polar surface area (TPSA) is 3.24 Å². The second-order valence-corrected chi connectivity index (χ2v) is 5.04. The van der Waals surface area contributed by atoms with E-state index < -0.39 is 0 Å². The maximum Gasteiger partial charge on any atom is 0.0181 e. The number of hydrogen-bond acceptors (Lipinski definition) is 1. The van der Waals surface area contributed by atoms with Crippen LogP contribution in [0.15, 0.2) is 0 Å². The molecule has 0 spiro atoms. The van der Waals surface area contributed by atoms with Crippen molar-refractivity contribution in [1.82, 2.24) is 4.90 Å². The summed E-state index contributed by atoms with van der Waals surface area (Å²) in [4.78, 5) is 2.75. The minimum absolute atomic E-state index is 0.530. The Kier molecular flexibility index (Phi) is 4.94. The summed E-state index contributed by atoms with van der Waals surface area (Å²) in [5, 5.41) is 0. The van der Waals surface area contributed by atoms with Crippen LogP contribution < -0.4 is 0 Å². The van der Waals surface area contributed by atoms with Crippen LogP contribution in [0.25, 0.3) is 0 Å². The largest absolute Gasteiger partial charge is 0.298 e. The summed E-state index contributed by atoms with van der Waals surface area (Å²) in [7, 11) is 0. The molecule has 1 nitrogen and oxygen atoms in total. The molecule has 1 atom stereocenters. The third-order valence-electron chi connectivity index (χ3n) is 3.73. The highest BCUT2D eigenvalue weighted by atomic mass is 15.2. The lowest BCUT2D eigenvalue weighted by Gasteiger charge is -2.45. The SMILES string of the molecule is CCCCN1CCCCC1(C)CCC. The van der Waals surface area contributed by atoms with E-state index in [0.29, 0.717) is 5.54 Å². The van der Waals surface area contributed by atoms with Crippen LogP contribution in [0, 0.1) is 0 Å². The molecule has 1 aliphatic heterocycles. The average Bonchev–Trinajstić information content (AvgIpc) is 2.17. The predicted molar refractivity (Wildman–Crippen MR) is 63.6 cm³/mol. The summed E-state index contributed by atoms with van der Waals surface area (Å²) in [6.45, 7) is 9.76.